The Morgan fingerprint density at radius 1 is 1.38 bits per heavy atom. The van der Waals surface area contributed by atoms with Gasteiger partial charge in [0.2, 0.25) is 0 Å². The van der Waals surface area contributed by atoms with E-state index in [4.69, 9.17) is 4.74 Å². The highest BCUT2D eigenvalue weighted by Gasteiger charge is 2.18. The van der Waals surface area contributed by atoms with Crippen LogP contribution >= 0.6 is 11.8 Å². The van der Waals surface area contributed by atoms with Crippen molar-refractivity contribution in [2.75, 3.05) is 31.7 Å². The molecule has 0 unspecified atom stereocenters. The van der Waals surface area contributed by atoms with Crippen LogP contribution in [0.15, 0.2) is 24.3 Å². The quantitative estimate of drug-likeness (QED) is 0.786. The maximum absolute atomic E-state index is 12.1. The largest absolute Gasteiger partial charge is 0.497 e. The Balaban J connectivity index is 2.12. The molecule has 0 saturated carbocycles. The number of nitrogens with zero attached hydrogens (tertiary/aromatic N) is 1. The van der Waals surface area contributed by atoms with Crippen LogP contribution in [0, 0.1) is 0 Å². The van der Waals surface area contributed by atoms with Crippen molar-refractivity contribution in [1.82, 2.24) is 4.90 Å². The number of methoxy groups -OCH3 is 1. The Morgan fingerprint density at radius 3 is 2.81 bits per heavy atom. The van der Waals surface area contributed by atoms with Crippen molar-refractivity contribution in [3.8, 4) is 5.75 Å². The summed E-state index contributed by atoms with van der Waals surface area (Å²) in [5.41, 5.74) is 0.714. The maximum Gasteiger partial charge on any atom is 0.254 e. The van der Waals surface area contributed by atoms with Gasteiger partial charge in [-0.05, 0) is 18.2 Å². The van der Waals surface area contributed by atoms with Crippen LogP contribution < -0.4 is 4.74 Å². The zero-order valence-electron chi connectivity index (χ0n) is 9.31. The van der Waals surface area contributed by atoms with E-state index in [0.717, 1.165) is 30.3 Å². The molecule has 0 radical (unpaired) electrons. The molecule has 1 aromatic rings. The van der Waals surface area contributed by atoms with E-state index in [9.17, 15) is 4.79 Å². The Hall–Kier alpha value is -1.16. The highest BCUT2D eigenvalue weighted by Crippen LogP contribution is 2.17. The molecule has 1 aromatic carbocycles. The molecule has 0 aromatic heterocycles. The molecular formula is C12H15NO2S. The highest BCUT2D eigenvalue weighted by atomic mass is 32.2. The topological polar surface area (TPSA) is 29.5 Å². The van der Waals surface area contributed by atoms with Gasteiger partial charge in [-0.25, -0.2) is 0 Å². The Kier molecular flexibility index (Phi) is 3.72. The molecule has 1 amide bonds. The van der Waals surface area contributed by atoms with E-state index in [1.807, 2.05) is 34.9 Å². The average Bonchev–Trinajstić information content (AvgIpc) is 2.39. The lowest BCUT2D eigenvalue weighted by Crippen LogP contribution is -2.37. The summed E-state index contributed by atoms with van der Waals surface area (Å²) in [5, 5.41) is 0. The normalized spacial score (nSPS) is 15.9. The van der Waals surface area contributed by atoms with Gasteiger partial charge in [-0.15, -0.1) is 0 Å². The van der Waals surface area contributed by atoms with Crippen LogP contribution in [0.2, 0.25) is 0 Å². The van der Waals surface area contributed by atoms with Gasteiger partial charge in [0.25, 0.3) is 5.91 Å². The lowest BCUT2D eigenvalue weighted by molar-refractivity contribution is 0.0772. The molecule has 86 valence electrons. The summed E-state index contributed by atoms with van der Waals surface area (Å²) in [6, 6.07) is 7.34. The molecule has 2 rings (SSSR count). The number of thioether (sulfide) groups is 1. The van der Waals surface area contributed by atoms with E-state index in [0.29, 0.717) is 5.56 Å². The van der Waals surface area contributed by atoms with Gasteiger partial charge in [0.1, 0.15) is 5.75 Å². The van der Waals surface area contributed by atoms with Gasteiger partial charge in [0.15, 0.2) is 0 Å². The molecule has 1 heterocycles. The monoisotopic (exact) mass is 237 g/mol. The van der Waals surface area contributed by atoms with Gasteiger partial charge >= 0.3 is 0 Å². The van der Waals surface area contributed by atoms with Crippen LogP contribution in [0.1, 0.15) is 10.4 Å². The van der Waals surface area contributed by atoms with Gasteiger partial charge < -0.3 is 9.64 Å². The number of hydrogen-bond donors (Lipinski definition) is 0. The second-order valence-corrected chi connectivity index (χ2v) is 4.86. The van der Waals surface area contributed by atoms with Gasteiger partial charge in [-0.2, -0.15) is 11.8 Å². The molecule has 1 fully saturated rings. The van der Waals surface area contributed by atoms with Crippen LogP contribution in [0.3, 0.4) is 0 Å². The Morgan fingerprint density at radius 2 is 2.12 bits per heavy atom. The zero-order valence-corrected chi connectivity index (χ0v) is 10.1. The first-order valence-corrected chi connectivity index (χ1v) is 6.48. The van der Waals surface area contributed by atoms with Crippen molar-refractivity contribution < 1.29 is 9.53 Å². The van der Waals surface area contributed by atoms with Crippen LogP contribution in [-0.4, -0.2) is 42.5 Å². The minimum Gasteiger partial charge on any atom is -0.497 e. The second-order valence-electron chi connectivity index (χ2n) is 3.64. The fourth-order valence-electron chi connectivity index (χ4n) is 1.71. The summed E-state index contributed by atoms with van der Waals surface area (Å²) < 4.78 is 5.12. The van der Waals surface area contributed by atoms with E-state index in [2.05, 4.69) is 0 Å². The number of carbonyl (C=O) groups is 1. The molecule has 0 bridgehead atoms. The van der Waals surface area contributed by atoms with E-state index in [-0.39, 0.29) is 5.91 Å². The first-order chi connectivity index (χ1) is 7.81. The minimum atomic E-state index is 0.110. The number of hydrogen-bond acceptors (Lipinski definition) is 3. The molecule has 3 nitrogen and oxygen atoms in total. The van der Waals surface area contributed by atoms with Crippen molar-refractivity contribution >= 4 is 17.7 Å². The molecule has 0 aliphatic carbocycles. The van der Waals surface area contributed by atoms with Gasteiger partial charge in [0, 0.05) is 30.2 Å². The van der Waals surface area contributed by atoms with E-state index >= 15 is 0 Å². The van der Waals surface area contributed by atoms with Crippen molar-refractivity contribution in [2.24, 2.45) is 0 Å². The van der Waals surface area contributed by atoms with Gasteiger partial charge in [-0.3, -0.25) is 4.79 Å². The fourth-order valence-corrected chi connectivity index (χ4v) is 2.61. The molecule has 0 atom stereocenters. The summed E-state index contributed by atoms with van der Waals surface area (Å²) in [6.45, 7) is 1.70. The minimum absolute atomic E-state index is 0.110. The van der Waals surface area contributed by atoms with Crippen molar-refractivity contribution in [1.29, 1.82) is 0 Å². The van der Waals surface area contributed by atoms with Crippen LogP contribution in [-0.2, 0) is 0 Å². The van der Waals surface area contributed by atoms with Crippen LogP contribution in [0.4, 0.5) is 0 Å². The number of benzene rings is 1. The molecule has 4 heteroatoms. The maximum atomic E-state index is 12.1. The lowest BCUT2D eigenvalue weighted by atomic mass is 10.2. The number of carbonyl (C=O) groups excluding carboxylic acids is 1. The summed E-state index contributed by atoms with van der Waals surface area (Å²) >= 11 is 1.90. The fraction of sp³-hybridized carbons (Fsp3) is 0.417. The predicted octanol–water partition coefficient (Wildman–Crippen LogP) is 1.88. The zero-order chi connectivity index (χ0) is 11.4. The molecule has 1 saturated heterocycles. The molecule has 0 spiro atoms. The number of amides is 1. The summed E-state index contributed by atoms with van der Waals surface area (Å²) in [5.74, 6) is 2.92. The molecule has 1 aliphatic heterocycles. The standard InChI is InChI=1S/C12H15NO2S/c1-15-11-4-2-3-10(9-11)12(14)13-5-7-16-8-6-13/h2-4,9H,5-8H2,1H3. The first kappa shape index (κ1) is 11.3. The SMILES string of the molecule is COc1cccc(C(=O)N2CCSCC2)c1. The average molecular weight is 237 g/mol. The van der Waals surface area contributed by atoms with Crippen molar-refractivity contribution in [3.05, 3.63) is 29.8 Å². The third kappa shape index (κ3) is 2.50. The number of rotatable bonds is 2. The summed E-state index contributed by atoms with van der Waals surface area (Å²) in [4.78, 5) is 14.0. The van der Waals surface area contributed by atoms with Gasteiger partial charge in [0.05, 0.1) is 7.11 Å². The Labute approximate surface area is 99.8 Å². The molecule has 0 N–H and O–H groups in total. The molecule has 1 aliphatic rings. The summed E-state index contributed by atoms with van der Waals surface area (Å²) in [7, 11) is 1.61. The summed E-state index contributed by atoms with van der Waals surface area (Å²) in [6.07, 6.45) is 0. The van der Waals surface area contributed by atoms with E-state index in [1.54, 1.807) is 13.2 Å². The van der Waals surface area contributed by atoms with Crippen molar-refractivity contribution in [3.63, 3.8) is 0 Å². The Bertz CT molecular complexity index is 375. The number of ether oxygens (including phenoxy) is 1. The van der Waals surface area contributed by atoms with Crippen LogP contribution in [0.5, 0.6) is 5.75 Å². The van der Waals surface area contributed by atoms with E-state index < -0.39 is 0 Å². The lowest BCUT2D eigenvalue weighted by Gasteiger charge is -2.26. The van der Waals surface area contributed by atoms with Crippen molar-refractivity contribution in [2.45, 2.75) is 0 Å². The second kappa shape index (κ2) is 5.25. The predicted molar refractivity (Wildman–Crippen MR) is 66.2 cm³/mol. The van der Waals surface area contributed by atoms with Crippen LogP contribution in [0.25, 0.3) is 0 Å². The molecule has 16 heavy (non-hydrogen) atoms. The molecular weight excluding hydrogens is 222 g/mol. The first-order valence-electron chi connectivity index (χ1n) is 5.32. The van der Waals surface area contributed by atoms with Gasteiger partial charge in [-0.1, -0.05) is 6.07 Å². The smallest absolute Gasteiger partial charge is 0.254 e. The third-order valence-electron chi connectivity index (χ3n) is 2.61. The highest BCUT2D eigenvalue weighted by molar-refractivity contribution is 7.99. The third-order valence-corrected chi connectivity index (χ3v) is 3.56. The van der Waals surface area contributed by atoms with E-state index in [1.165, 1.54) is 0 Å².